The summed E-state index contributed by atoms with van der Waals surface area (Å²) in [5.74, 6) is 0. The molecule has 0 unspecified atom stereocenters. The fraction of sp³-hybridized carbons (Fsp3) is 0.214. The van der Waals surface area contributed by atoms with E-state index in [-0.39, 0.29) is 0 Å². The summed E-state index contributed by atoms with van der Waals surface area (Å²) in [6, 6.07) is 9.99. The van der Waals surface area contributed by atoms with Crippen molar-refractivity contribution in [2.24, 2.45) is 0 Å². The maximum absolute atomic E-state index is 6.00. The van der Waals surface area contributed by atoms with E-state index in [0.29, 0.717) is 6.54 Å². The molecule has 2 rings (SSSR count). The highest BCUT2D eigenvalue weighted by atomic mass is 14.9. The number of nitrogens with two attached hydrogens (primary N) is 1. The third kappa shape index (κ3) is 2.56. The predicted octanol–water partition coefficient (Wildman–Crippen LogP) is 2.89. The third-order valence-electron chi connectivity index (χ3n) is 2.92. The lowest BCUT2D eigenvalue weighted by molar-refractivity contribution is 1.04. The Labute approximate surface area is 102 Å². The standard InChI is InChI=1S/C14H17N3/c1-10-6-7-13(11(2)14(10)15)17-9-12-5-3-4-8-16-12/h3-8,17H,9,15H2,1-2H3. The second kappa shape index (κ2) is 4.87. The molecule has 0 aliphatic heterocycles. The molecule has 17 heavy (non-hydrogen) atoms. The van der Waals surface area contributed by atoms with Crippen LogP contribution in [0.2, 0.25) is 0 Å². The number of aryl methyl sites for hydroxylation is 1. The first-order valence-electron chi connectivity index (χ1n) is 5.68. The number of anilines is 2. The Bertz CT molecular complexity index is 506. The molecular weight excluding hydrogens is 210 g/mol. The van der Waals surface area contributed by atoms with Crippen molar-refractivity contribution >= 4 is 11.4 Å². The number of rotatable bonds is 3. The molecule has 1 aromatic heterocycles. The lowest BCUT2D eigenvalue weighted by Crippen LogP contribution is -2.04. The van der Waals surface area contributed by atoms with Gasteiger partial charge in [-0.2, -0.15) is 0 Å². The maximum atomic E-state index is 6.00. The molecule has 0 fully saturated rings. The van der Waals surface area contributed by atoms with Gasteiger partial charge in [-0.15, -0.1) is 0 Å². The number of hydrogen-bond acceptors (Lipinski definition) is 3. The average molecular weight is 227 g/mol. The molecule has 3 heteroatoms. The summed E-state index contributed by atoms with van der Waals surface area (Å²) in [6.07, 6.45) is 1.80. The number of nitrogens with zero attached hydrogens (tertiary/aromatic N) is 1. The van der Waals surface area contributed by atoms with Gasteiger partial charge < -0.3 is 11.1 Å². The van der Waals surface area contributed by atoms with Gasteiger partial charge in [0.25, 0.3) is 0 Å². The van der Waals surface area contributed by atoms with Gasteiger partial charge in [-0.3, -0.25) is 4.98 Å². The summed E-state index contributed by atoms with van der Waals surface area (Å²) in [6.45, 7) is 4.76. The summed E-state index contributed by atoms with van der Waals surface area (Å²) in [4.78, 5) is 4.27. The van der Waals surface area contributed by atoms with E-state index in [1.54, 1.807) is 6.20 Å². The van der Waals surface area contributed by atoms with Gasteiger partial charge >= 0.3 is 0 Å². The van der Waals surface area contributed by atoms with E-state index in [9.17, 15) is 0 Å². The molecule has 0 atom stereocenters. The Morgan fingerprint density at radius 1 is 1.18 bits per heavy atom. The third-order valence-corrected chi connectivity index (χ3v) is 2.92. The Hall–Kier alpha value is -2.03. The second-order valence-corrected chi connectivity index (χ2v) is 4.14. The van der Waals surface area contributed by atoms with Crippen LogP contribution in [0.3, 0.4) is 0 Å². The summed E-state index contributed by atoms with van der Waals surface area (Å²) < 4.78 is 0. The highest BCUT2D eigenvalue weighted by molar-refractivity contribution is 5.66. The van der Waals surface area contributed by atoms with Crippen LogP contribution < -0.4 is 11.1 Å². The van der Waals surface area contributed by atoms with Crippen LogP contribution in [-0.4, -0.2) is 4.98 Å². The van der Waals surface area contributed by atoms with Gasteiger partial charge in [0.2, 0.25) is 0 Å². The van der Waals surface area contributed by atoms with Crippen molar-refractivity contribution < 1.29 is 0 Å². The van der Waals surface area contributed by atoms with E-state index in [1.807, 2.05) is 38.1 Å². The van der Waals surface area contributed by atoms with Crippen molar-refractivity contribution in [3.63, 3.8) is 0 Å². The Balaban J connectivity index is 2.13. The van der Waals surface area contributed by atoms with Crippen LogP contribution in [0.1, 0.15) is 16.8 Å². The van der Waals surface area contributed by atoms with Crippen LogP contribution in [0.5, 0.6) is 0 Å². The number of pyridine rings is 1. The van der Waals surface area contributed by atoms with E-state index in [2.05, 4.69) is 16.4 Å². The summed E-state index contributed by atoms with van der Waals surface area (Å²) in [5.41, 5.74) is 11.2. The summed E-state index contributed by atoms with van der Waals surface area (Å²) in [7, 11) is 0. The first-order valence-corrected chi connectivity index (χ1v) is 5.68. The Morgan fingerprint density at radius 2 is 2.00 bits per heavy atom. The van der Waals surface area contributed by atoms with Crippen LogP contribution in [0.15, 0.2) is 36.5 Å². The van der Waals surface area contributed by atoms with Gasteiger partial charge in [-0.05, 0) is 43.2 Å². The van der Waals surface area contributed by atoms with Gasteiger partial charge in [0, 0.05) is 17.6 Å². The topological polar surface area (TPSA) is 50.9 Å². The molecule has 0 aliphatic rings. The molecule has 0 amide bonds. The van der Waals surface area contributed by atoms with Crippen LogP contribution >= 0.6 is 0 Å². The van der Waals surface area contributed by atoms with Crippen LogP contribution in [0.4, 0.5) is 11.4 Å². The normalized spacial score (nSPS) is 10.2. The fourth-order valence-corrected chi connectivity index (χ4v) is 1.74. The molecular formula is C14H17N3. The zero-order chi connectivity index (χ0) is 12.3. The molecule has 0 aliphatic carbocycles. The van der Waals surface area contributed by atoms with Gasteiger partial charge in [-0.1, -0.05) is 12.1 Å². The van der Waals surface area contributed by atoms with Gasteiger partial charge in [0.15, 0.2) is 0 Å². The molecule has 0 bridgehead atoms. The fourth-order valence-electron chi connectivity index (χ4n) is 1.74. The van der Waals surface area contributed by atoms with Crippen molar-refractivity contribution in [1.29, 1.82) is 0 Å². The largest absolute Gasteiger partial charge is 0.398 e. The molecule has 0 spiro atoms. The van der Waals surface area contributed by atoms with Crippen molar-refractivity contribution in [2.45, 2.75) is 20.4 Å². The van der Waals surface area contributed by atoms with Crippen molar-refractivity contribution in [2.75, 3.05) is 11.1 Å². The van der Waals surface area contributed by atoms with E-state index in [0.717, 1.165) is 28.2 Å². The molecule has 0 saturated carbocycles. The Morgan fingerprint density at radius 3 is 2.71 bits per heavy atom. The number of hydrogen-bond donors (Lipinski definition) is 2. The van der Waals surface area contributed by atoms with Crippen LogP contribution in [0.25, 0.3) is 0 Å². The molecule has 3 nitrogen and oxygen atoms in total. The molecule has 2 aromatic rings. The van der Waals surface area contributed by atoms with E-state index < -0.39 is 0 Å². The quantitative estimate of drug-likeness (QED) is 0.793. The van der Waals surface area contributed by atoms with E-state index >= 15 is 0 Å². The molecule has 3 N–H and O–H groups in total. The maximum Gasteiger partial charge on any atom is 0.0594 e. The minimum Gasteiger partial charge on any atom is -0.398 e. The van der Waals surface area contributed by atoms with Crippen LogP contribution in [0, 0.1) is 13.8 Å². The summed E-state index contributed by atoms with van der Waals surface area (Å²) in [5, 5.41) is 3.35. The lowest BCUT2D eigenvalue weighted by Gasteiger charge is -2.12. The van der Waals surface area contributed by atoms with Crippen molar-refractivity contribution in [3.8, 4) is 0 Å². The zero-order valence-electron chi connectivity index (χ0n) is 10.2. The van der Waals surface area contributed by atoms with E-state index in [4.69, 9.17) is 5.73 Å². The molecule has 0 radical (unpaired) electrons. The lowest BCUT2D eigenvalue weighted by atomic mass is 10.1. The smallest absolute Gasteiger partial charge is 0.0594 e. The average Bonchev–Trinajstić information content (AvgIpc) is 2.36. The zero-order valence-corrected chi connectivity index (χ0v) is 10.2. The predicted molar refractivity (Wildman–Crippen MR) is 71.9 cm³/mol. The number of nitrogen functional groups attached to an aromatic ring is 1. The van der Waals surface area contributed by atoms with Gasteiger partial charge in [0.1, 0.15) is 0 Å². The number of benzene rings is 1. The molecule has 88 valence electrons. The van der Waals surface area contributed by atoms with E-state index in [1.165, 1.54) is 0 Å². The minimum absolute atomic E-state index is 0.712. The Kier molecular flexibility index (Phi) is 3.28. The second-order valence-electron chi connectivity index (χ2n) is 4.14. The van der Waals surface area contributed by atoms with Gasteiger partial charge in [-0.25, -0.2) is 0 Å². The van der Waals surface area contributed by atoms with Crippen molar-refractivity contribution in [3.05, 3.63) is 53.3 Å². The number of aromatic nitrogens is 1. The highest BCUT2D eigenvalue weighted by Gasteiger charge is 2.04. The van der Waals surface area contributed by atoms with Gasteiger partial charge in [0.05, 0.1) is 12.2 Å². The monoisotopic (exact) mass is 227 g/mol. The first kappa shape index (κ1) is 11.5. The first-order chi connectivity index (χ1) is 8.18. The molecule has 1 aromatic carbocycles. The SMILES string of the molecule is Cc1ccc(NCc2ccccn2)c(C)c1N. The summed E-state index contributed by atoms with van der Waals surface area (Å²) >= 11 is 0. The minimum atomic E-state index is 0.712. The highest BCUT2D eigenvalue weighted by Crippen LogP contribution is 2.24. The van der Waals surface area contributed by atoms with Crippen molar-refractivity contribution in [1.82, 2.24) is 4.98 Å². The molecule has 0 saturated heterocycles. The van der Waals surface area contributed by atoms with Crippen LogP contribution in [-0.2, 0) is 6.54 Å². The number of nitrogens with one attached hydrogen (secondary N) is 1. The molecule has 1 heterocycles.